The third-order valence-electron chi connectivity index (χ3n) is 2.40. The number of aromatic carboxylic acids is 1. The van der Waals surface area contributed by atoms with Gasteiger partial charge in [-0.2, -0.15) is 0 Å². The molecule has 100 valence electrons. The van der Waals surface area contributed by atoms with Crippen LogP contribution in [0.2, 0.25) is 0 Å². The van der Waals surface area contributed by atoms with Crippen LogP contribution in [-0.4, -0.2) is 43.2 Å². The van der Waals surface area contributed by atoms with Crippen LogP contribution in [-0.2, 0) is 14.9 Å². The molecule has 0 aromatic heterocycles. The number of benzene rings is 1. The Morgan fingerprint density at radius 2 is 1.94 bits per heavy atom. The van der Waals surface area contributed by atoms with Gasteiger partial charge in [0.2, 0.25) is 0 Å². The largest absolute Gasteiger partial charge is 0.507 e. The van der Waals surface area contributed by atoms with Crippen LogP contribution in [0.4, 0.5) is 0 Å². The number of carboxylic acid groups (broad SMARTS) is 1. The van der Waals surface area contributed by atoms with Gasteiger partial charge >= 0.3 is 5.97 Å². The molecule has 0 aliphatic rings. The lowest BCUT2D eigenvalue weighted by Crippen LogP contribution is -2.26. The van der Waals surface area contributed by atoms with E-state index in [2.05, 4.69) is 4.84 Å². The Bertz CT molecular complexity index is 580. The molecule has 0 bridgehead atoms. The number of phenols is 1. The van der Waals surface area contributed by atoms with E-state index in [0.29, 0.717) is 4.47 Å². The van der Waals surface area contributed by atoms with Gasteiger partial charge in [-0.1, -0.05) is 4.47 Å². The van der Waals surface area contributed by atoms with Crippen LogP contribution in [0.3, 0.4) is 0 Å². The normalized spacial score (nSPS) is 11.8. The SMILES string of the molecule is CON(C)S(=O)(=O)c1cc(C(=O)O)c(O)cc1C. The highest BCUT2D eigenvalue weighted by molar-refractivity contribution is 7.89. The first kappa shape index (κ1) is 14.4. The average molecular weight is 275 g/mol. The van der Waals surface area contributed by atoms with Gasteiger partial charge in [0.05, 0.1) is 12.0 Å². The van der Waals surface area contributed by atoms with Gasteiger partial charge in [0, 0.05) is 7.05 Å². The van der Waals surface area contributed by atoms with Crippen molar-refractivity contribution in [1.82, 2.24) is 4.47 Å². The van der Waals surface area contributed by atoms with Crippen LogP contribution in [0.1, 0.15) is 15.9 Å². The minimum Gasteiger partial charge on any atom is -0.507 e. The molecule has 0 saturated carbocycles. The van der Waals surface area contributed by atoms with Gasteiger partial charge in [0.1, 0.15) is 11.3 Å². The number of hydroxylamine groups is 1. The Kier molecular flexibility index (Phi) is 3.95. The van der Waals surface area contributed by atoms with Gasteiger partial charge in [-0.3, -0.25) is 4.84 Å². The van der Waals surface area contributed by atoms with E-state index < -0.39 is 27.3 Å². The Morgan fingerprint density at radius 1 is 1.39 bits per heavy atom. The molecule has 7 nitrogen and oxygen atoms in total. The molecule has 0 aliphatic carbocycles. The van der Waals surface area contributed by atoms with E-state index >= 15 is 0 Å². The number of carboxylic acids is 1. The van der Waals surface area contributed by atoms with E-state index in [0.717, 1.165) is 12.1 Å². The lowest BCUT2D eigenvalue weighted by Gasteiger charge is -2.16. The molecule has 0 amide bonds. The Hall–Kier alpha value is -1.64. The molecule has 0 heterocycles. The Morgan fingerprint density at radius 3 is 2.39 bits per heavy atom. The summed E-state index contributed by atoms with van der Waals surface area (Å²) in [7, 11) is -1.60. The van der Waals surface area contributed by atoms with E-state index in [1.54, 1.807) is 0 Å². The van der Waals surface area contributed by atoms with Crippen molar-refractivity contribution in [2.24, 2.45) is 0 Å². The highest BCUT2D eigenvalue weighted by Crippen LogP contribution is 2.27. The first-order valence-corrected chi connectivity index (χ1v) is 6.25. The second-order valence-electron chi connectivity index (χ2n) is 3.54. The highest BCUT2D eigenvalue weighted by atomic mass is 32.2. The van der Waals surface area contributed by atoms with Gasteiger partial charge in [-0.25, -0.2) is 13.2 Å². The zero-order valence-corrected chi connectivity index (χ0v) is 10.9. The number of carbonyl (C=O) groups is 1. The van der Waals surface area contributed by atoms with Crippen LogP contribution >= 0.6 is 0 Å². The predicted octanol–water partition coefficient (Wildman–Crippen LogP) is 0.581. The highest BCUT2D eigenvalue weighted by Gasteiger charge is 2.25. The van der Waals surface area contributed by atoms with Crippen molar-refractivity contribution in [2.75, 3.05) is 14.2 Å². The third kappa shape index (κ3) is 2.45. The van der Waals surface area contributed by atoms with Crippen molar-refractivity contribution in [3.8, 4) is 5.75 Å². The fourth-order valence-electron chi connectivity index (χ4n) is 1.36. The molecule has 0 spiro atoms. The smallest absolute Gasteiger partial charge is 0.339 e. The van der Waals surface area contributed by atoms with Gasteiger partial charge in [0.15, 0.2) is 0 Å². The molecule has 2 N–H and O–H groups in total. The quantitative estimate of drug-likeness (QED) is 0.779. The fourth-order valence-corrected chi connectivity index (χ4v) is 2.56. The third-order valence-corrected chi connectivity index (χ3v) is 4.22. The molecule has 0 saturated heterocycles. The van der Waals surface area contributed by atoms with Crippen LogP contribution in [0.15, 0.2) is 17.0 Å². The standard InChI is InChI=1S/C10H13NO6S/c1-6-4-8(12)7(10(13)14)5-9(6)18(15,16)11(2)17-3/h4-5,12H,1-3H3,(H,13,14). The maximum absolute atomic E-state index is 12.0. The summed E-state index contributed by atoms with van der Waals surface area (Å²) in [5, 5.41) is 18.3. The molecule has 18 heavy (non-hydrogen) atoms. The Labute approximate surface area is 104 Å². The Balaban J connectivity index is 3.52. The van der Waals surface area contributed by atoms with E-state index in [-0.39, 0.29) is 10.5 Å². The van der Waals surface area contributed by atoms with Crippen LogP contribution in [0.5, 0.6) is 5.75 Å². The zero-order valence-electron chi connectivity index (χ0n) is 10.0. The van der Waals surface area contributed by atoms with Crippen LogP contribution in [0, 0.1) is 6.92 Å². The molecule has 8 heteroatoms. The molecule has 1 aromatic carbocycles. The summed E-state index contributed by atoms with van der Waals surface area (Å²) in [6, 6.07) is 1.98. The van der Waals surface area contributed by atoms with Gasteiger partial charge < -0.3 is 10.2 Å². The molecule has 0 radical (unpaired) electrons. The summed E-state index contributed by atoms with van der Waals surface area (Å²) in [5.74, 6) is -1.90. The molecule has 0 aliphatic heterocycles. The number of sulfonamides is 1. The number of hydrogen-bond donors (Lipinski definition) is 2. The summed E-state index contributed by atoms with van der Waals surface area (Å²) in [6.07, 6.45) is 0. The average Bonchev–Trinajstić information content (AvgIpc) is 2.26. The molecule has 0 fully saturated rings. The van der Waals surface area contributed by atoms with Crippen molar-refractivity contribution in [1.29, 1.82) is 0 Å². The van der Waals surface area contributed by atoms with E-state index in [1.165, 1.54) is 21.1 Å². The summed E-state index contributed by atoms with van der Waals surface area (Å²) < 4.78 is 24.6. The molecule has 0 atom stereocenters. The predicted molar refractivity (Wildman–Crippen MR) is 61.8 cm³/mol. The molecular weight excluding hydrogens is 262 g/mol. The molecule has 1 aromatic rings. The maximum atomic E-state index is 12.0. The summed E-state index contributed by atoms with van der Waals surface area (Å²) in [5.41, 5.74) is -0.259. The number of aryl methyl sites for hydroxylation is 1. The zero-order chi connectivity index (χ0) is 14.1. The van der Waals surface area contributed by atoms with Crippen molar-refractivity contribution in [3.05, 3.63) is 23.3 Å². The lowest BCUT2D eigenvalue weighted by molar-refractivity contribution is -0.0259. The van der Waals surface area contributed by atoms with Crippen molar-refractivity contribution < 1.29 is 28.3 Å². The van der Waals surface area contributed by atoms with Crippen molar-refractivity contribution in [3.63, 3.8) is 0 Å². The number of aromatic hydroxyl groups is 1. The first-order chi connectivity index (χ1) is 8.21. The second kappa shape index (κ2) is 4.92. The van der Waals surface area contributed by atoms with E-state index in [9.17, 15) is 18.3 Å². The topological polar surface area (TPSA) is 104 Å². The molecule has 1 rings (SSSR count). The number of nitrogens with zero attached hydrogens (tertiary/aromatic N) is 1. The number of rotatable bonds is 4. The summed E-state index contributed by atoms with van der Waals surface area (Å²) in [4.78, 5) is 15.2. The summed E-state index contributed by atoms with van der Waals surface area (Å²) in [6.45, 7) is 1.45. The summed E-state index contributed by atoms with van der Waals surface area (Å²) >= 11 is 0. The van der Waals surface area contributed by atoms with Gasteiger partial charge in [-0.15, -0.1) is 0 Å². The maximum Gasteiger partial charge on any atom is 0.339 e. The second-order valence-corrected chi connectivity index (χ2v) is 5.44. The van der Waals surface area contributed by atoms with Crippen LogP contribution < -0.4 is 0 Å². The first-order valence-electron chi connectivity index (χ1n) is 4.81. The van der Waals surface area contributed by atoms with E-state index in [1.807, 2.05) is 0 Å². The van der Waals surface area contributed by atoms with Crippen molar-refractivity contribution in [2.45, 2.75) is 11.8 Å². The minimum atomic E-state index is -3.96. The van der Waals surface area contributed by atoms with Crippen molar-refractivity contribution >= 4 is 16.0 Å². The number of hydrogen-bond acceptors (Lipinski definition) is 5. The minimum absolute atomic E-state index is 0.224. The fraction of sp³-hybridized carbons (Fsp3) is 0.300. The van der Waals surface area contributed by atoms with Gasteiger partial charge in [-0.05, 0) is 24.6 Å². The monoisotopic (exact) mass is 275 g/mol. The van der Waals surface area contributed by atoms with Gasteiger partial charge in [0.25, 0.3) is 10.0 Å². The molecule has 0 unspecified atom stereocenters. The van der Waals surface area contributed by atoms with E-state index in [4.69, 9.17) is 5.11 Å². The van der Waals surface area contributed by atoms with Crippen LogP contribution in [0.25, 0.3) is 0 Å². The lowest BCUT2D eigenvalue weighted by atomic mass is 10.1. The molecular formula is C10H13NO6S.